The molecule has 0 amide bonds. The van der Waals surface area contributed by atoms with Crippen LogP contribution in [0.2, 0.25) is 0 Å². The molecule has 0 aliphatic carbocycles. The second-order valence-corrected chi connectivity index (χ2v) is 7.93. The van der Waals surface area contributed by atoms with Gasteiger partial charge in [0.25, 0.3) is 0 Å². The zero-order valence-electron chi connectivity index (χ0n) is 15.3. The number of ether oxygens (including phenoxy) is 2. The third kappa shape index (κ3) is 5.28. The molecule has 1 aromatic rings. The van der Waals surface area contributed by atoms with Gasteiger partial charge in [0, 0.05) is 46.6 Å². The lowest BCUT2D eigenvalue weighted by atomic mass is 10.1. The Labute approximate surface area is 159 Å². The van der Waals surface area contributed by atoms with Crippen molar-refractivity contribution in [2.75, 3.05) is 50.2 Å². The van der Waals surface area contributed by atoms with E-state index in [0.29, 0.717) is 0 Å². The smallest absolute Gasteiger partial charge is 0.227 e. The van der Waals surface area contributed by atoms with Crippen molar-refractivity contribution in [2.45, 2.75) is 50.7 Å². The average molecular weight is 413 g/mol. The molecule has 0 aromatic carbocycles. The number of aromatic nitrogens is 2. The molecule has 2 unspecified atom stereocenters. The first kappa shape index (κ1) is 18.9. The zero-order valence-corrected chi connectivity index (χ0v) is 16.9. The van der Waals surface area contributed by atoms with Gasteiger partial charge in [0.1, 0.15) is 5.82 Å². The van der Waals surface area contributed by atoms with E-state index >= 15 is 0 Å². The predicted octanol–water partition coefficient (Wildman–Crippen LogP) is 3.25. The molecule has 0 bridgehead atoms. The lowest BCUT2D eigenvalue weighted by Gasteiger charge is -2.30. The summed E-state index contributed by atoms with van der Waals surface area (Å²) in [4.78, 5) is 13.5. The fourth-order valence-corrected chi connectivity index (χ4v) is 3.98. The first-order chi connectivity index (χ1) is 12.1. The van der Waals surface area contributed by atoms with Crippen molar-refractivity contribution >= 4 is 27.7 Å². The second-order valence-electron chi connectivity index (χ2n) is 7.08. The minimum Gasteiger partial charge on any atom is -0.376 e. The van der Waals surface area contributed by atoms with Gasteiger partial charge in [0.2, 0.25) is 5.95 Å². The number of likely N-dealkylation sites (N-methyl/N-ethyl adjacent to an activating group) is 2. The molecule has 0 radical (unpaired) electrons. The highest BCUT2D eigenvalue weighted by Gasteiger charge is 2.21. The Bertz CT molecular complexity index is 548. The monoisotopic (exact) mass is 412 g/mol. The van der Waals surface area contributed by atoms with E-state index in [4.69, 9.17) is 14.5 Å². The molecule has 140 valence electrons. The highest BCUT2D eigenvalue weighted by Crippen LogP contribution is 2.26. The van der Waals surface area contributed by atoms with Crippen LogP contribution in [0.5, 0.6) is 0 Å². The largest absolute Gasteiger partial charge is 0.376 e. The van der Waals surface area contributed by atoms with Crippen LogP contribution >= 0.6 is 15.9 Å². The maximum absolute atomic E-state index is 5.86. The molecule has 0 N–H and O–H groups in total. The Balaban J connectivity index is 1.64. The van der Waals surface area contributed by atoms with Gasteiger partial charge in [0.15, 0.2) is 0 Å². The van der Waals surface area contributed by atoms with Gasteiger partial charge in [-0.25, -0.2) is 4.98 Å². The van der Waals surface area contributed by atoms with Crippen LogP contribution < -0.4 is 9.80 Å². The topological polar surface area (TPSA) is 50.7 Å². The lowest BCUT2D eigenvalue weighted by Crippen LogP contribution is -2.36. The van der Waals surface area contributed by atoms with E-state index in [2.05, 4.69) is 37.8 Å². The van der Waals surface area contributed by atoms with Crippen LogP contribution in [0.4, 0.5) is 11.8 Å². The van der Waals surface area contributed by atoms with Crippen LogP contribution in [-0.2, 0) is 9.47 Å². The van der Waals surface area contributed by atoms with Gasteiger partial charge in [-0.2, -0.15) is 4.98 Å². The van der Waals surface area contributed by atoms with Gasteiger partial charge >= 0.3 is 0 Å². The molecular formula is C18H29BrN4O2. The van der Waals surface area contributed by atoms with E-state index in [1.54, 1.807) is 0 Å². The van der Waals surface area contributed by atoms with Crippen molar-refractivity contribution in [1.82, 2.24) is 9.97 Å². The summed E-state index contributed by atoms with van der Waals surface area (Å²) in [7, 11) is 4.11. The molecule has 6 nitrogen and oxygen atoms in total. The van der Waals surface area contributed by atoms with Gasteiger partial charge in [-0.05, 0) is 54.5 Å². The maximum Gasteiger partial charge on any atom is 0.227 e. The Kier molecular flexibility index (Phi) is 6.90. The van der Waals surface area contributed by atoms with Crippen LogP contribution in [0, 0.1) is 0 Å². The van der Waals surface area contributed by atoms with Gasteiger partial charge in [-0.3, -0.25) is 0 Å². The Hall–Kier alpha value is -0.920. The first-order valence-corrected chi connectivity index (χ1v) is 10.1. The summed E-state index contributed by atoms with van der Waals surface area (Å²) in [5, 5.41) is 0. The van der Waals surface area contributed by atoms with Gasteiger partial charge in [-0.15, -0.1) is 0 Å². The molecular weight excluding hydrogens is 384 g/mol. The van der Waals surface area contributed by atoms with Crippen LogP contribution in [0.15, 0.2) is 10.7 Å². The molecule has 2 aliphatic heterocycles. The van der Waals surface area contributed by atoms with Crippen LogP contribution in [-0.4, -0.2) is 62.6 Å². The summed E-state index contributed by atoms with van der Waals surface area (Å²) in [6.07, 6.45) is 9.50. The third-order valence-electron chi connectivity index (χ3n) is 4.92. The quantitative estimate of drug-likeness (QED) is 0.714. The minimum atomic E-state index is 0.280. The summed E-state index contributed by atoms with van der Waals surface area (Å²) >= 11 is 3.59. The standard InChI is InChI=1S/C18H29BrN4O2/c1-22(12-14-7-3-5-9-24-14)17-16(19)11-20-18(21-17)23(2)13-15-8-4-6-10-25-15/h11,14-15H,3-10,12-13H2,1-2H3. The third-order valence-corrected chi connectivity index (χ3v) is 5.48. The molecule has 0 spiro atoms. The van der Waals surface area contributed by atoms with Crippen molar-refractivity contribution in [3.8, 4) is 0 Å². The van der Waals surface area contributed by atoms with Gasteiger partial charge in [-0.1, -0.05) is 0 Å². The van der Waals surface area contributed by atoms with Crippen molar-refractivity contribution in [1.29, 1.82) is 0 Å². The summed E-state index contributed by atoms with van der Waals surface area (Å²) in [6, 6.07) is 0. The van der Waals surface area contributed by atoms with Crippen LogP contribution in [0.1, 0.15) is 38.5 Å². The second kappa shape index (κ2) is 9.14. The molecule has 2 aliphatic rings. The van der Waals surface area contributed by atoms with E-state index in [1.807, 2.05) is 13.2 Å². The normalized spacial score (nSPS) is 24.1. The van der Waals surface area contributed by atoms with E-state index in [1.165, 1.54) is 25.7 Å². The molecule has 2 atom stereocenters. The SMILES string of the molecule is CN(CC1CCCCO1)c1ncc(Br)c(N(C)CC2CCCCO2)n1. The van der Waals surface area contributed by atoms with E-state index < -0.39 is 0 Å². The van der Waals surface area contributed by atoms with Gasteiger partial charge < -0.3 is 19.3 Å². The molecule has 25 heavy (non-hydrogen) atoms. The minimum absolute atomic E-state index is 0.280. The van der Waals surface area contributed by atoms with Crippen LogP contribution in [0.25, 0.3) is 0 Å². The Morgan fingerprint density at radius 1 is 1.00 bits per heavy atom. The molecule has 3 rings (SSSR count). The highest BCUT2D eigenvalue weighted by molar-refractivity contribution is 9.10. The van der Waals surface area contributed by atoms with Crippen molar-refractivity contribution in [3.63, 3.8) is 0 Å². The number of anilines is 2. The summed E-state index contributed by atoms with van der Waals surface area (Å²) in [6.45, 7) is 3.43. The predicted molar refractivity (Wildman–Crippen MR) is 103 cm³/mol. The fraction of sp³-hybridized carbons (Fsp3) is 0.778. The van der Waals surface area contributed by atoms with E-state index in [0.717, 1.165) is 55.4 Å². The lowest BCUT2D eigenvalue weighted by molar-refractivity contribution is 0.0214. The number of hydrogen-bond donors (Lipinski definition) is 0. The van der Waals surface area contributed by atoms with E-state index in [-0.39, 0.29) is 12.2 Å². The van der Waals surface area contributed by atoms with Crippen molar-refractivity contribution in [2.24, 2.45) is 0 Å². The number of hydrogen-bond acceptors (Lipinski definition) is 6. The fourth-order valence-electron chi connectivity index (χ4n) is 3.48. The molecule has 7 heteroatoms. The molecule has 1 aromatic heterocycles. The molecule has 2 fully saturated rings. The van der Waals surface area contributed by atoms with E-state index in [9.17, 15) is 0 Å². The summed E-state index contributed by atoms with van der Waals surface area (Å²) in [5.74, 6) is 1.65. The van der Waals surface area contributed by atoms with Crippen molar-refractivity contribution in [3.05, 3.63) is 10.7 Å². The van der Waals surface area contributed by atoms with Crippen molar-refractivity contribution < 1.29 is 9.47 Å². The molecule has 2 saturated heterocycles. The summed E-state index contributed by atoms with van der Waals surface area (Å²) < 4.78 is 12.6. The Morgan fingerprint density at radius 2 is 1.60 bits per heavy atom. The number of rotatable bonds is 6. The van der Waals surface area contributed by atoms with Crippen LogP contribution in [0.3, 0.4) is 0 Å². The Morgan fingerprint density at radius 3 is 2.16 bits per heavy atom. The maximum atomic E-state index is 5.86. The highest BCUT2D eigenvalue weighted by atomic mass is 79.9. The first-order valence-electron chi connectivity index (χ1n) is 9.31. The molecule has 0 saturated carbocycles. The molecule has 3 heterocycles. The summed E-state index contributed by atoms with van der Waals surface area (Å²) in [5.41, 5.74) is 0. The van der Waals surface area contributed by atoms with Gasteiger partial charge in [0.05, 0.1) is 16.7 Å². The number of halogens is 1. The average Bonchev–Trinajstić information content (AvgIpc) is 2.63. The zero-order chi connectivity index (χ0) is 17.6. The number of nitrogens with zero attached hydrogens (tertiary/aromatic N) is 4.